The van der Waals surface area contributed by atoms with E-state index in [-0.39, 0.29) is 45.8 Å². The smallest absolute Gasteiger partial charge is 0.254 e. The van der Waals surface area contributed by atoms with Gasteiger partial charge in [0.15, 0.2) is 24.8 Å². The van der Waals surface area contributed by atoms with Crippen molar-refractivity contribution < 1.29 is 52.7 Å². The number of benzene rings is 2. The molecule has 2 aromatic heterocycles. The Balaban J connectivity index is 0.00000580. The number of carbonyl (C=O) groups is 2. The number of aromatic nitrogens is 2. The first-order valence-corrected chi connectivity index (χ1v) is 22.2. The summed E-state index contributed by atoms with van der Waals surface area (Å²) in [5.41, 5.74) is 3.84. The number of aryl methyl sites for hydroxylation is 2. The van der Waals surface area contributed by atoms with Crippen molar-refractivity contribution in [3.05, 3.63) is 132 Å². The summed E-state index contributed by atoms with van der Waals surface area (Å²) >= 11 is 0. The number of hydrogen-bond donors (Lipinski definition) is 0. The predicted molar refractivity (Wildman–Crippen MR) is 230 cm³/mol. The normalized spacial score (nSPS) is 10.7. The zero-order valence-electron chi connectivity index (χ0n) is 35.7. The summed E-state index contributed by atoms with van der Waals surface area (Å²) in [6.07, 6.45) is 30.0. The molecule has 58 heavy (non-hydrogen) atoms. The van der Waals surface area contributed by atoms with Gasteiger partial charge in [-0.1, -0.05) is 152 Å². The lowest BCUT2D eigenvalue weighted by atomic mass is 10.1. The van der Waals surface area contributed by atoms with Gasteiger partial charge < -0.3 is 43.8 Å². The highest BCUT2D eigenvalue weighted by Crippen LogP contribution is 2.16. The van der Waals surface area contributed by atoms with E-state index in [4.69, 9.17) is 0 Å². The van der Waals surface area contributed by atoms with E-state index in [1.807, 2.05) is 70.5 Å². The zero-order valence-corrected chi connectivity index (χ0v) is 38.9. The Hall–Kier alpha value is -3.36. The van der Waals surface area contributed by atoms with Crippen molar-refractivity contribution >= 4 is 11.8 Å². The average Bonchev–Trinajstić information content (AvgIpc) is 3.24. The van der Waals surface area contributed by atoms with E-state index >= 15 is 0 Å². The second kappa shape index (κ2) is 31.5. The summed E-state index contributed by atoms with van der Waals surface area (Å²) in [5, 5.41) is 0. The van der Waals surface area contributed by atoms with Gasteiger partial charge in [0.2, 0.25) is 0 Å². The van der Waals surface area contributed by atoms with Crippen LogP contribution >= 0.6 is 0 Å². The quantitative estimate of drug-likeness (QED) is 0.0548. The summed E-state index contributed by atoms with van der Waals surface area (Å²) in [5.74, 6) is 0.213. The Bertz CT molecular complexity index is 1500. The molecule has 4 aromatic rings. The third-order valence-corrected chi connectivity index (χ3v) is 10.9. The van der Waals surface area contributed by atoms with Gasteiger partial charge in [-0.3, -0.25) is 9.59 Å². The number of hydrogen-bond acceptors (Lipinski definition) is 2. The molecule has 0 unspecified atom stereocenters. The van der Waals surface area contributed by atoms with Crippen molar-refractivity contribution in [1.29, 1.82) is 0 Å². The number of nitrogens with zero attached hydrogens (tertiary/aromatic N) is 4. The van der Waals surface area contributed by atoms with Crippen molar-refractivity contribution in [2.75, 3.05) is 13.1 Å². The molecule has 8 heteroatoms. The molecule has 0 aliphatic rings. The van der Waals surface area contributed by atoms with Crippen molar-refractivity contribution in [2.45, 2.75) is 156 Å². The van der Waals surface area contributed by atoms with Crippen molar-refractivity contribution in [2.24, 2.45) is 0 Å². The van der Waals surface area contributed by atoms with E-state index in [0.29, 0.717) is 13.1 Å². The highest BCUT2D eigenvalue weighted by atomic mass is 79.9. The maximum atomic E-state index is 13.8. The van der Waals surface area contributed by atoms with Crippen LogP contribution in [0.15, 0.2) is 110 Å². The van der Waals surface area contributed by atoms with E-state index in [2.05, 4.69) is 72.0 Å². The third-order valence-electron chi connectivity index (χ3n) is 10.9. The van der Waals surface area contributed by atoms with Gasteiger partial charge in [0.1, 0.15) is 13.1 Å². The van der Waals surface area contributed by atoms with E-state index in [9.17, 15) is 9.59 Å². The zero-order chi connectivity index (χ0) is 39.5. The van der Waals surface area contributed by atoms with Gasteiger partial charge in [0.05, 0.1) is 11.1 Å². The molecule has 4 rings (SSSR count). The van der Waals surface area contributed by atoms with E-state index in [0.717, 1.165) is 87.0 Å². The molecule has 0 fully saturated rings. The number of pyridine rings is 2. The first-order valence-electron chi connectivity index (χ1n) is 22.2. The molecule has 0 N–H and O–H groups in total. The van der Waals surface area contributed by atoms with Gasteiger partial charge in [-0.15, -0.1) is 0 Å². The Morgan fingerprint density at radius 3 is 1.07 bits per heavy atom. The number of halogens is 2. The van der Waals surface area contributed by atoms with Crippen LogP contribution in [0.5, 0.6) is 0 Å². The van der Waals surface area contributed by atoms with Gasteiger partial charge in [-0.25, -0.2) is 9.13 Å². The Morgan fingerprint density at radius 1 is 0.414 bits per heavy atom. The van der Waals surface area contributed by atoms with Crippen LogP contribution in [0.3, 0.4) is 0 Å². The molecule has 6 nitrogen and oxygen atoms in total. The minimum Gasteiger partial charge on any atom is -1.00 e. The summed E-state index contributed by atoms with van der Waals surface area (Å²) in [7, 11) is 0. The standard InChI is InChI=1S/C50H72N4O2.2BrH/c1-3-5-7-9-13-23-35-51-39-31-47(32-40-51)49(55)53(43-45-27-19-17-20-28-45)37-25-15-11-12-16-26-38-54(44-46-29-21-18-22-30-46)50(56)48-33-41-52(42-34-48)36-24-14-10-8-6-4-2;;/h17-22,27-34,39-42H,3-16,23-26,35-38,43-44H2,1-2H3;2*1H/q+2;;/p-2. The molecular formula is C50H72Br2N4O2. The van der Waals surface area contributed by atoms with Crippen LogP contribution in [0, 0.1) is 0 Å². The first-order chi connectivity index (χ1) is 27.6. The van der Waals surface area contributed by atoms with Crippen LogP contribution < -0.4 is 43.1 Å². The lowest BCUT2D eigenvalue weighted by Crippen LogP contribution is -3.00. The minimum absolute atomic E-state index is 0. The lowest BCUT2D eigenvalue weighted by molar-refractivity contribution is -0.697. The molecular weight excluding hydrogens is 848 g/mol. The number of carbonyl (C=O) groups excluding carboxylic acids is 2. The molecule has 0 aliphatic carbocycles. The van der Waals surface area contributed by atoms with Gasteiger partial charge in [0, 0.05) is 63.3 Å². The molecule has 2 heterocycles. The van der Waals surface area contributed by atoms with Gasteiger partial charge in [-0.05, 0) is 36.8 Å². The topological polar surface area (TPSA) is 48.4 Å². The molecule has 0 aliphatic heterocycles. The number of amides is 2. The summed E-state index contributed by atoms with van der Waals surface area (Å²) in [4.78, 5) is 31.6. The molecule has 318 valence electrons. The first kappa shape index (κ1) is 50.8. The Morgan fingerprint density at radius 2 is 0.724 bits per heavy atom. The fourth-order valence-electron chi connectivity index (χ4n) is 7.44. The Kier molecular flexibility index (Phi) is 27.6. The van der Waals surface area contributed by atoms with Crippen LogP contribution in [-0.2, 0) is 26.2 Å². The summed E-state index contributed by atoms with van der Waals surface area (Å²) in [6, 6.07) is 28.7. The molecule has 0 bridgehead atoms. The molecule has 0 saturated carbocycles. The third kappa shape index (κ3) is 20.1. The van der Waals surface area contributed by atoms with Gasteiger partial charge in [0.25, 0.3) is 11.8 Å². The monoisotopic (exact) mass is 918 g/mol. The van der Waals surface area contributed by atoms with Crippen molar-refractivity contribution in [1.82, 2.24) is 9.80 Å². The molecule has 2 amide bonds. The second-order valence-electron chi connectivity index (χ2n) is 15.7. The predicted octanol–water partition coefficient (Wildman–Crippen LogP) is 5.32. The van der Waals surface area contributed by atoms with Crippen molar-refractivity contribution in [3.63, 3.8) is 0 Å². The van der Waals surface area contributed by atoms with Gasteiger partial charge >= 0.3 is 0 Å². The van der Waals surface area contributed by atoms with E-state index in [1.165, 1.54) is 77.0 Å². The maximum absolute atomic E-state index is 13.8. The van der Waals surface area contributed by atoms with E-state index < -0.39 is 0 Å². The van der Waals surface area contributed by atoms with Crippen LogP contribution in [0.2, 0.25) is 0 Å². The molecule has 2 aromatic carbocycles. The molecule has 0 radical (unpaired) electrons. The molecule has 0 saturated heterocycles. The molecule has 0 atom stereocenters. The lowest BCUT2D eigenvalue weighted by Gasteiger charge is -2.23. The van der Waals surface area contributed by atoms with Crippen LogP contribution in [-0.4, -0.2) is 34.7 Å². The maximum Gasteiger partial charge on any atom is 0.254 e. The highest BCUT2D eigenvalue weighted by molar-refractivity contribution is 5.94. The van der Waals surface area contributed by atoms with Crippen LogP contribution in [0.25, 0.3) is 0 Å². The largest absolute Gasteiger partial charge is 1.00 e. The fourth-order valence-corrected chi connectivity index (χ4v) is 7.44. The fraction of sp³-hybridized carbons (Fsp3) is 0.520. The van der Waals surface area contributed by atoms with E-state index in [1.54, 1.807) is 0 Å². The van der Waals surface area contributed by atoms with Crippen molar-refractivity contribution in [3.8, 4) is 0 Å². The van der Waals surface area contributed by atoms with Gasteiger partial charge in [-0.2, -0.15) is 0 Å². The average molecular weight is 921 g/mol. The summed E-state index contributed by atoms with van der Waals surface area (Å²) in [6.45, 7) is 9.25. The summed E-state index contributed by atoms with van der Waals surface area (Å²) < 4.78 is 4.42. The van der Waals surface area contributed by atoms with Crippen LogP contribution in [0.1, 0.15) is 161 Å². The second-order valence-corrected chi connectivity index (χ2v) is 15.7. The number of unbranched alkanes of at least 4 members (excludes halogenated alkanes) is 15. The Labute approximate surface area is 373 Å². The molecule has 0 spiro atoms. The SMILES string of the molecule is CCCCCCCC[n+]1ccc(C(=O)N(CCCCCCCCN(Cc2ccccc2)C(=O)c2cc[n+](CCCCCCCC)cc2)Cc2ccccc2)cc1.[Br-].[Br-]. The minimum atomic E-state index is 0. The van der Waals surface area contributed by atoms with Crippen LogP contribution in [0.4, 0.5) is 0 Å². The number of rotatable bonds is 29. The highest BCUT2D eigenvalue weighted by Gasteiger charge is 2.19.